The van der Waals surface area contributed by atoms with Gasteiger partial charge in [0.1, 0.15) is 0 Å². The Morgan fingerprint density at radius 2 is 2.04 bits per heavy atom. The maximum atomic E-state index is 12.1. The first-order valence-corrected chi connectivity index (χ1v) is 9.63. The van der Waals surface area contributed by atoms with E-state index in [1.807, 2.05) is 11.8 Å². The molecule has 1 unspecified atom stereocenters. The van der Waals surface area contributed by atoms with Gasteiger partial charge in [0.15, 0.2) is 0 Å². The average molecular weight is 354 g/mol. The van der Waals surface area contributed by atoms with Crippen LogP contribution in [0.1, 0.15) is 46.5 Å². The predicted octanol–water partition coefficient (Wildman–Crippen LogP) is 1.34. The highest BCUT2D eigenvalue weighted by Crippen LogP contribution is 2.25. The van der Waals surface area contributed by atoms with Crippen molar-refractivity contribution >= 4 is 12.0 Å². The highest BCUT2D eigenvalue weighted by atomic mass is 16.4. The van der Waals surface area contributed by atoms with Crippen LogP contribution in [0.4, 0.5) is 4.79 Å². The number of amides is 2. The second-order valence-corrected chi connectivity index (χ2v) is 7.73. The van der Waals surface area contributed by atoms with Gasteiger partial charge < -0.3 is 20.6 Å². The van der Waals surface area contributed by atoms with Gasteiger partial charge in [0, 0.05) is 31.2 Å². The molecular weight excluding hydrogens is 320 g/mol. The van der Waals surface area contributed by atoms with Gasteiger partial charge in [0.25, 0.3) is 0 Å². The Balaban J connectivity index is 1.63. The van der Waals surface area contributed by atoms with Crippen LogP contribution in [0.3, 0.4) is 0 Å². The number of carboxylic acid groups (broad SMARTS) is 1. The predicted molar refractivity (Wildman–Crippen MR) is 97.7 cm³/mol. The monoisotopic (exact) mass is 354 g/mol. The van der Waals surface area contributed by atoms with E-state index in [4.69, 9.17) is 5.11 Å². The lowest BCUT2D eigenvalue weighted by Gasteiger charge is -2.42. The summed E-state index contributed by atoms with van der Waals surface area (Å²) in [6.45, 7) is 10.2. The molecule has 0 aromatic heterocycles. The van der Waals surface area contributed by atoms with Crippen molar-refractivity contribution in [2.75, 3.05) is 32.7 Å². The minimum Gasteiger partial charge on any atom is -0.480 e. The molecule has 1 aliphatic heterocycles. The van der Waals surface area contributed by atoms with Crippen LogP contribution < -0.4 is 10.6 Å². The SMILES string of the molecule is CCN(CC(=O)O)C1CC(NC(=O)NCC2CCCN(C(C)C)C2)C1. The summed E-state index contributed by atoms with van der Waals surface area (Å²) in [5.74, 6) is -0.263. The first-order chi connectivity index (χ1) is 11.9. The fraction of sp³-hybridized carbons (Fsp3) is 0.889. The van der Waals surface area contributed by atoms with Crippen molar-refractivity contribution < 1.29 is 14.7 Å². The van der Waals surface area contributed by atoms with Gasteiger partial charge in [0.2, 0.25) is 0 Å². The minimum absolute atomic E-state index is 0.0775. The van der Waals surface area contributed by atoms with Crippen LogP contribution in [0.25, 0.3) is 0 Å². The van der Waals surface area contributed by atoms with E-state index < -0.39 is 5.97 Å². The van der Waals surface area contributed by atoms with Crippen LogP contribution in [-0.2, 0) is 4.79 Å². The van der Waals surface area contributed by atoms with Gasteiger partial charge in [-0.2, -0.15) is 0 Å². The molecule has 0 aromatic rings. The van der Waals surface area contributed by atoms with Crippen LogP contribution in [0.5, 0.6) is 0 Å². The lowest BCUT2D eigenvalue weighted by atomic mass is 9.85. The Hall–Kier alpha value is -1.34. The Morgan fingerprint density at radius 3 is 2.64 bits per heavy atom. The fourth-order valence-electron chi connectivity index (χ4n) is 3.88. The second-order valence-electron chi connectivity index (χ2n) is 7.73. The van der Waals surface area contributed by atoms with Gasteiger partial charge in [-0.3, -0.25) is 9.69 Å². The van der Waals surface area contributed by atoms with E-state index >= 15 is 0 Å². The molecule has 1 saturated heterocycles. The van der Waals surface area contributed by atoms with E-state index in [1.165, 1.54) is 12.8 Å². The maximum Gasteiger partial charge on any atom is 0.317 e. The summed E-state index contributed by atoms with van der Waals surface area (Å²) < 4.78 is 0. The number of rotatable bonds is 8. The molecule has 1 atom stereocenters. The summed E-state index contributed by atoms with van der Waals surface area (Å²) >= 11 is 0. The normalized spacial score (nSPS) is 27.2. The third kappa shape index (κ3) is 6.15. The number of piperidine rings is 1. The zero-order chi connectivity index (χ0) is 18.4. The van der Waals surface area contributed by atoms with E-state index in [0.717, 1.165) is 39.0 Å². The molecule has 0 bridgehead atoms. The number of likely N-dealkylation sites (N-methyl/N-ethyl adjacent to an activating group) is 1. The van der Waals surface area contributed by atoms with Crippen LogP contribution in [0.15, 0.2) is 0 Å². The molecule has 1 heterocycles. The van der Waals surface area contributed by atoms with Crippen LogP contribution in [0.2, 0.25) is 0 Å². The molecule has 0 spiro atoms. The first kappa shape index (κ1) is 20.0. The van der Waals surface area contributed by atoms with Gasteiger partial charge in [-0.15, -0.1) is 0 Å². The number of carbonyl (C=O) groups excluding carboxylic acids is 1. The maximum absolute atomic E-state index is 12.1. The number of aliphatic carboxylic acids is 1. The zero-order valence-electron chi connectivity index (χ0n) is 15.8. The minimum atomic E-state index is -0.793. The van der Waals surface area contributed by atoms with E-state index in [1.54, 1.807) is 0 Å². The van der Waals surface area contributed by atoms with Crippen LogP contribution in [-0.4, -0.2) is 77.8 Å². The summed E-state index contributed by atoms with van der Waals surface area (Å²) in [6, 6.07) is 0.901. The number of hydrogen-bond donors (Lipinski definition) is 3. The molecule has 2 aliphatic rings. The third-order valence-electron chi connectivity index (χ3n) is 5.54. The van der Waals surface area contributed by atoms with Crippen molar-refractivity contribution in [1.82, 2.24) is 20.4 Å². The molecule has 1 aliphatic carbocycles. The van der Waals surface area contributed by atoms with Gasteiger partial charge in [0.05, 0.1) is 6.54 Å². The van der Waals surface area contributed by atoms with Crippen molar-refractivity contribution in [3.63, 3.8) is 0 Å². The molecule has 2 amide bonds. The Bertz CT molecular complexity index is 452. The Labute approximate surface area is 151 Å². The van der Waals surface area contributed by atoms with Crippen LogP contribution >= 0.6 is 0 Å². The number of carbonyl (C=O) groups is 2. The number of carboxylic acids is 1. The molecule has 3 N–H and O–H groups in total. The summed E-state index contributed by atoms with van der Waals surface area (Å²) in [5.41, 5.74) is 0. The molecular formula is C18H34N4O3. The van der Waals surface area contributed by atoms with Gasteiger partial charge >= 0.3 is 12.0 Å². The largest absolute Gasteiger partial charge is 0.480 e. The molecule has 2 rings (SSSR count). The highest BCUT2D eigenvalue weighted by molar-refractivity contribution is 5.74. The fourth-order valence-corrected chi connectivity index (χ4v) is 3.88. The van der Waals surface area contributed by atoms with Crippen molar-refractivity contribution in [2.45, 2.75) is 64.6 Å². The second kappa shape index (κ2) is 9.38. The number of hydrogen-bond acceptors (Lipinski definition) is 4. The van der Waals surface area contributed by atoms with Crippen molar-refractivity contribution in [3.05, 3.63) is 0 Å². The van der Waals surface area contributed by atoms with Crippen molar-refractivity contribution in [1.29, 1.82) is 0 Å². The van der Waals surface area contributed by atoms with Gasteiger partial charge in [-0.05, 0) is 58.5 Å². The van der Waals surface area contributed by atoms with E-state index in [2.05, 4.69) is 29.4 Å². The summed E-state index contributed by atoms with van der Waals surface area (Å²) in [5, 5.41) is 14.9. The summed E-state index contributed by atoms with van der Waals surface area (Å²) in [7, 11) is 0. The smallest absolute Gasteiger partial charge is 0.317 e. The molecule has 7 heteroatoms. The number of urea groups is 1. The summed E-state index contributed by atoms with van der Waals surface area (Å²) in [6.07, 6.45) is 4.04. The molecule has 0 aromatic carbocycles. The van der Waals surface area contributed by atoms with Crippen molar-refractivity contribution in [2.24, 2.45) is 5.92 Å². The van der Waals surface area contributed by atoms with Gasteiger partial charge in [-0.1, -0.05) is 6.92 Å². The van der Waals surface area contributed by atoms with E-state index in [9.17, 15) is 9.59 Å². The van der Waals surface area contributed by atoms with Gasteiger partial charge in [-0.25, -0.2) is 4.79 Å². The molecule has 144 valence electrons. The first-order valence-electron chi connectivity index (χ1n) is 9.63. The van der Waals surface area contributed by atoms with E-state index in [0.29, 0.717) is 12.0 Å². The third-order valence-corrected chi connectivity index (χ3v) is 5.54. The zero-order valence-corrected chi connectivity index (χ0v) is 15.8. The Morgan fingerprint density at radius 1 is 1.32 bits per heavy atom. The lowest BCUT2D eigenvalue weighted by molar-refractivity contribution is -0.139. The lowest BCUT2D eigenvalue weighted by Crippen LogP contribution is -2.56. The summed E-state index contributed by atoms with van der Waals surface area (Å²) in [4.78, 5) is 27.4. The van der Waals surface area contributed by atoms with Crippen molar-refractivity contribution in [3.8, 4) is 0 Å². The topological polar surface area (TPSA) is 84.9 Å². The van der Waals surface area contributed by atoms with Crippen LogP contribution in [0, 0.1) is 5.92 Å². The quantitative estimate of drug-likeness (QED) is 0.613. The molecule has 1 saturated carbocycles. The molecule has 0 radical (unpaired) electrons. The molecule has 7 nitrogen and oxygen atoms in total. The molecule has 25 heavy (non-hydrogen) atoms. The molecule has 2 fully saturated rings. The number of likely N-dealkylation sites (tertiary alicyclic amines) is 1. The standard InChI is InChI=1S/C18H34N4O3/c1-4-21(12-17(23)24)16-8-15(9-16)20-18(25)19-10-14-6-5-7-22(11-14)13(2)3/h13-16H,4-12H2,1-3H3,(H,23,24)(H2,19,20,25). The average Bonchev–Trinajstić information content (AvgIpc) is 2.54. The highest BCUT2D eigenvalue weighted by Gasteiger charge is 2.34. The number of nitrogens with zero attached hydrogens (tertiary/aromatic N) is 2. The van der Waals surface area contributed by atoms with E-state index in [-0.39, 0.29) is 24.7 Å². The Kier molecular flexibility index (Phi) is 7.50. The number of nitrogens with one attached hydrogen (secondary N) is 2.